The zero-order valence-electron chi connectivity index (χ0n) is 26.3. The maximum Gasteiger partial charge on any atom is 0.268 e. The summed E-state index contributed by atoms with van der Waals surface area (Å²) in [6, 6.07) is 19.6. The molecule has 1 aromatic heterocycles. The van der Waals surface area contributed by atoms with Gasteiger partial charge in [-0.25, -0.2) is 5.01 Å². The molecule has 46 heavy (non-hydrogen) atoms. The van der Waals surface area contributed by atoms with Crippen molar-refractivity contribution < 1.29 is 24.2 Å². The number of aromatic amines is 1. The van der Waals surface area contributed by atoms with Crippen LogP contribution < -0.4 is 15.4 Å². The Bertz CT molecular complexity index is 1770. The molecule has 1 atom stereocenters. The number of H-pyrrole nitrogens is 1. The molecule has 238 valence electrons. The maximum atomic E-state index is 13.5. The third kappa shape index (κ3) is 7.75. The van der Waals surface area contributed by atoms with E-state index in [2.05, 4.69) is 27.5 Å². The number of para-hydroxylation sites is 1. The SMILES string of the molecule is CCN(C(=O)c1ccc(C#Cc2ccc(OC(C)C)c(C(=O)N[C@@H](CO)Cc3c[nH]c4ccccc34)c2)cc1)N1CCNC(=O)C1. The van der Waals surface area contributed by atoms with Crippen LogP contribution in [0.4, 0.5) is 0 Å². The summed E-state index contributed by atoms with van der Waals surface area (Å²) in [5.41, 5.74) is 4.13. The summed E-state index contributed by atoms with van der Waals surface area (Å²) in [6.07, 6.45) is 2.20. The molecular formula is C36H39N5O5. The highest BCUT2D eigenvalue weighted by Gasteiger charge is 2.26. The van der Waals surface area contributed by atoms with Crippen LogP contribution in [0.3, 0.4) is 0 Å². The Kier molecular flexibility index (Phi) is 10.4. The van der Waals surface area contributed by atoms with E-state index >= 15 is 0 Å². The molecule has 5 rings (SSSR count). The number of aliphatic hydroxyl groups excluding tert-OH is 1. The van der Waals surface area contributed by atoms with E-state index in [0.29, 0.717) is 54.1 Å². The monoisotopic (exact) mass is 621 g/mol. The van der Waals surface area contributed by atoms with Crippen LogP contribution in [0.5, 0.6) is 5.75 Å². The average Bonchev–Trinajstić information content (AvgIpc) is 3.46. The largest absolute Gasteiger partial charge is 0.490 e. The number of benzene rings is 3. The van der Waals surface area contributed by atoms with Crippen LogP contribution in [-0.4, -0.2) is 82.8 Å². The third-order valence-corrected chi connectivity index (χ3v) is 7.66. The van der Waals surface area contributed by atoms with E-state index in [1.807, 2.05) is 51.2 Å². The molecule has 0 spiro atoms. The molecule has 0 bridgehead atoms. The molecule has 2 heterocycles. The zero-order valence-corrected chi connectivity index (χ0v) is 26.3. The number of hydrazine groups is 1. The van der Waals surface area contributed by atoms with Crippen molar-refractivity contribution in [2.75, 3.05) is 32.8 Å². The molecule has 1 fully saturated rings. The van der Waals surface area contributed by atoms with Gasteiger partial charge in [-0.2, -0.15) is 0 Å². The van der Waals surface area contributed by atoms with Crippen LogP contribution in [0.15, 0.2) is 72.9 Å². The Morgan fingerprint density at radius 1 is 1.07 bits per heavy atom. The van der Waals surface area contributed by atoms with Crippen molar-refractivity contribution in [1.82, 2.24) is 25.6 Å². The number of piperazine rings is 1. The molecule has 10 heteroatoms. The number of nitrogens with one attached hydrogen (secondary N) is 3. The predicted octanol–water partition coefficient (Wildman–Crippen LogP) is 3.50. The standard InChI is InChI=1S/C36H39N5O5/c1-4-41(40-18-17-37-34(43)22-40)36(45)27-14-11-25(12-15-27)9-10-26-13-16-33(46-24(2)3)31(19-26)35(44)39-29(23-42)20-28-21-38-32-8-6-5-7-30(28)32/h5-8,11-16,19,21,24,29,38,42H,4,17-18,20,22-23H2,1-3H3,(H,37,43)(H,39,44)/t29-/m1/s1. The second-order valence-electron chi connectivity index (χ2n) is 11.4. The van der Waals surface area contributed by atoms with E-state index < -0.39 is 6.04 Å². The predicted molar refractivity (Wildman–Crippen MR) is 176 cm³/mol. The number of aliphatic hydroxyl groups is 1. The Labute approximate surface area is 268 Å². The molecule has 4 aromatic rings. The van der Waals surface area contributed by atoms with Crippen molar-refractivity contribution in [2.24, 2.45) is 0 Å². The van der Waals surface area contributed by atoms with Crippen LogP contribution in [0.2, 0.25) is 0 Å². The number of amides is 3. The molecule has 0 radical (unpaired) electrons. The molecule has 0 unspecified atom stereocenters. The van der Waals surface area contributed by atoms with Crippen molar-refractivity contribution in [2.45, 2.75) is 39.3 Å². The molecule has 1 aliphatic rings. The number of aromatic nitrogens is 1. The highest BCUT2D eigenvalue weighted by atomic mass is 16.5. The van der Waals surface area contributed by atoms with Crippen molar-refractivity contribution in [3.05, 3.63) is 101 Å². The van der Waals surface area contributed by atoms with E-state index in [4.69, 9.17) is 4.74 Å². The fourth-order valence-corrected chi connectivity index (χ4v) is 5.42. The number of fused-ring (bicyclic) bond motifs is 1. The first-order chi connectivity index (χ1) is 22.2. The van der Waals surface area contributed by atoms with Crippen LogP contribution in [0.25, 0.3) is 10.9 Å². The fourth-order valence-electron chi connectivity index (χ4n) is 5.42. The maximum absolute atomic E-state index is 13.5. The van der Waals surface area contributed by atoms with Gasteiger partial charge in [0.25, 0.3) is 11.8 Å². The van der Waals surface area contributed by atoms with Crippen molar-refractivity contribution in [1.29, 1.82) is 0 Å². The second-order valence-corrected chi connectivity index (χ2v) is 11.4. The van der Waals surface area contributed by atoms with Crippen LogP contribution in [-0.2, 0) is 11.2 Å². The summed E-state index contributed by atoms with van der Waals surface area (Å²) >= 11 is 0. The Morgan fingerprint density at radius 2 is 1.80 bits per heavy atom. The first-order valence-electron chi connectivity index (χ1n) is 15.5. The van der Waals surface area contributed by atoms with Gasteiger partial charge in [-0.3, -0.25) is 19.4 Å². The van der Waals surface area contributed by atoms with E-state index in [-0.39, 0.29) is 37.0 Å². The van der Waals surface area contributed by atoms with Gasteiger partial charge in [0.2, 0.25) is 5.91 Å². The van der Waals surface area contributed by atoms with Crippen molar-refractivity contribution in [3.63, 3.8) is 0 Å². The molecule has 0 aliphatic carbocycles. The minimum Gasteiger partial charge on any atom is -0.490 e. The van der Waals surface area contributed by atoms with Crippen LogP contribution >= 0.6 is 0 Å². The van der Waals surface area contributed by atoms with E-state index in [9.17, 15) is 19.5 Å². The Morgan fingerprint density at radius 3 is 2.52 bits per heavy atom. The first kappa shape index (κ1) is 32.3. The number of hydrogen-bond donors (Lipinski definition) is 4. The highest BCUT2D eigenvalue weighted by Crippen LogP contribution is 2.23. The molecule has 4 N–H and O–H groups in total. The molecule has 10 nitrogen and oxygen atoms in total. The van der Waals surface area contributed by atoms with Crippen molar-refractivity contribution in [3.8, 4) is 17.6 Å². The summed E-state index contributed by atoms with van der Waals surface area (Å²) in [7, 11) is 0. The van der Waals surface area contributed by atoms with Gasteiger partial charge in [0.1, 0.15) is 5.75 Å². The lowest BCUT2D eigenvalue weighted by molar-refractivity contribution is -0.129. The Hall–Kier alpha value is -5.11. The van der Waals surface area contributed by atoms with Gasteiger partial charge in [0.05, 0.1) is 30.9 Å². The molecular weight excluding hydrogens is 582 g/mol. The minimum atomic E-state index is -0.509. The van der Waals surface area contributed by atoms with E-state index in [1.165, 1.54) is 0 Å². The van der Waals surface area contributed by atoms with E-state index in [0.717, 1.165) is 16.5 Å². The lowest BCUT2D eigenvalue weighted by atomic mass is 10.0. The van der Waals surface area contributed by atoms with Gasteiger partial charge in [-0.05, 0) is 81.3 Å². The minimum absolute atomic E-state index is 0.105. The number of nitrogens with zero attached hydrogens (tertiary/aromatic N) is 2. The molecule has 3 aromatic carbocycles. The van der Waals surface area contributed by atoms with Crippen molar-refractivity contribution >= 4 is 28.6 Å². The summed E-state index contributed by atoms with van der Waals surface area (Å²) in [6.45, 7) is 7.09. The highest BCUT2D eigenvalue weighted by molar-refractivity contribution is 5.98. The second kappa shape index (κ2) is 14.8. The van der Waals surface area contributed by atoms with Gasteiger partial charge in [0.15, 0.2) is 0 Å². The number of ether oxygens (including phenoxy) is 1. The lowest BCUT2D eigenvalue weighted by Gasteiger charge is -2.36. The molecule has 3 amide bonds. The van der Waals surface area contributed by atoms with Gasteiger partial charge in [0, 0.05) is 53.4 Å². The topological polar surface area (TPSA) is 127 Å². The van der Waals surface area contributed by atoms with E-state index in [1.54, 1.807) is 52.5 Å². The summed E-state index contributed by atoms with van der Waals surface area (Å²) in [5, 5.41) is 20.3. The number of rotatable bonds is 10. The lowest BCUT2D eigenvalue weighted by Crippen LogP contribution is -2.56. The summed E-state index contributed by atoms with van der Waals surface area (Å²) in [4.78, 5) is 41.8. The molecule has 0 saturated carbocycles. The quantitative estimate of drug-likeness (QED) is 0.201. The first-order valence-corrected chi connectivity index (χ1v) is 15.5. The number of carbonyl (C=O) groups excluding carboxylic acids is 3. The average molecular weight is 622 g/mol. The van der Waals surface area contributed by atoms with Crippen LogP contribution in [0, 0.1) is 11.8 Å². The molecule has 1 aliphatic heterocycles. The summed E-state index contributed by atoms with van der Waals surface area (Å²) < 4.78 is 5.94. The van der Waals surface area contributed by atoms with Gasteiger partial charge in [-0.15, -0.1) is 0 Å². The van der Waals surface area contributed by atoms with Gasteiger partial charge in [-0.1, -0.05) is 30.0 Å². The van der Waals surface area contributed by atoms with Gasteiger partial charge < -0.3 is 25.5 Å². The number of hydrogen-bond acceptors (Lipinski definition) is 6. The Balaban J connectivity index is 1.31. The third-order valence-electron chi connectivity index (χ3n) is 7.66. The number of carbonyl (C=O) groups is 3. The zero-order chi connectivity index (χ0) is 32.6. The fraction of sp³-hybridized carbons (Fsp3) is 0.306. The molecule has 1 saturated heterocycles. The van der Waals surface area contributed by atoms with Gasteiger partial charge >= 0.3 is 0 Å². The summed E-state index contributed by atoms with van der Waals surface area (Å²) in [5.74, 6) is 6.00. The smallest absolute Gasteiger partial charge is 0.268 e. The normalized spacial score (nSPS) is 13.9. The van der Waals surface area contributed by atoms with Crippen LogP contribution in [0.1, 0.15) is 58.2 Å².